The molecule has 0 saturated heterocycles. The zero-order chi connectivity index (χ0) is 26.3. The molecule has 2 aromatic carbocycles. The van der Waals surface area contributed by atoms with Gasteiger partial charge in [-0.2, -0.15) is 5.10 Å². The molecule has 1 amide bonds. The van der Waals surface area contributed by atoms with E-state index in [4.69, 9.17) is 9.40 Å². The molecule has 5 aromatic heterocycles. The maximum Gasteiger partial charge on any atom is 0.255 e. The number of nitrogens with zero attached hydrogens (tertiary/aromatic N) is 4. The Hall–Kier alpha value is -5.64. The molecule has 0 aliphatic heterocycles. The number of aromatic amines is 2. The number of fused-ring (bicyclic) bond motifs is 2. The van der Waals surface area contributed by atoms with Gasteiger partial charge in [-0.05, 0) is 42.5 Å². The Morgan fingerprint density at radius 1 is 0.949 bits per heavy atom. The first kappa shape index (κ1) is 22.5. The average molecular weight is 516 g/mol. The van der Waals surface area contributed by atoms with Crippen LogP contribution >= 0.6 is 0 Å². The molecule has 0 fully saturated rings. The van der Waals surface area contributed by atoms with Gasteiger partial charge >= 0.3 is 0 Å². The van der Waals surface area contributed by atoms with E-state index >= 15 is 4.39 Å². The van der Waals surface area contributed by atoms with Crippen LogP contribution in [0, 0.1) is 5.82 Å². The third-order valence-electron chi connectivity index (χ3n) is 6.43. The number of amides is 1. The number of anilines is 1. The van der Waals surface area contributed by atoms with Crippen LogP contribution in [0.3, 0.4) is 0 Å². The van der Waals surface area contributed by atoms with Crippen LogP contribution < -0.4 is 5.32 Å². The van der Waals surface area contributed by atoms with Crippen molar-refractivity contribution in [3.63, 3.8) is 0 Å². The third kappa shape index (κ3) is 3.91. The van der Waals surface area contributed by atoms with Crippen molar-refractivity contribution in [1.29, 1.82) is 0 Å². The molecule has 39 heavy (non-hydrogen) atoms. The standard InChI is InChI=1S/C29H18FN7O2/c30-24-20(18-12-19(14-31-13-18)33-29(38)16-4-2-1-3-5-16)6-7-21-23(24)27(37-36-21)28-34-22-8-10-32-25(26(22)35-28)17-9-11-39-15-17/h1-15H,(H,33,38)(H,34,35)(H,36,37). The monoisotopic (exact) mass is 515 g/mol. The number of carbonyl (C=O) groups excluding carboxylic acids is 1. The van der Waals surface area contributed by atoms with Gasteiger partial charge in [-0.1, -0.05) is 18.2 Å². The normalized spacial score (nSPS) is 11.3. The molecule has 5 heterocycles. The highest BCUT2D eigenvalue weighted by Gasteiger charge is 2.21. The first-order chi connectivity index (χ1) is 19.2. The molecular formula is C29H18FN7O2. The number of carbonyl (C=O) groups is 1. The lowest BCUT2D eigenvalue weighted by Crippen LogP contribution is -2.11. The first-order valence-corrected chi connectivity index (χ1v) is 12.0. The van der Waals surface area contributed by atoms with E-state index in [1.54, 1.807) is 79.5 Å². The van der Waals surface area contributed by atoms with Crippen molar-refractivity contribution < 1.29 is 13.6 Å². The summed E-state index contributed by atoms with van der Waals surface area (Å²) in [7, 11) is 0. The molecule has 188 valence electrons. The predicted octanol–water partition coefficient (Wildman–Crippen LogP) is 6.21. The van der Waals surface area contributed by atoms with Crippen LogP contribution in [0.1, 0.15) is 10.4 Å². The molecule has 0 bridgehead atoms. The SMILES string of the molecule is O=C(Nc1cncc(-c2ccc3[nH]nc(-c4nc5c(-c6ccoc6)nccc5[nH]4)c3c2F)c1)c1ccccc1. The lowest BCUT2D eigenvalue weighted by atomic mass is 10.0. The van der Waals surface area contributed by atoms with E-state index in [1.807, 2.05) is 6.07 Å². The summed E-state index contributed by atoms with van der Waals surface area (Å²) in [5.74, 6) is -0.373. The second kappa shape index (κ2) is 9.03. The number of imidazole rings is 1. The maximum atomic E-state index is 16.1. The van der Waals surface area contributed by atoms with E-state index in [0.29, 0.717) is 50.6 Å². The number of pyridine rings is 2. The quantitative estimate of drug-likeness (QED) is 0.250. The van der Waals surface area contributed by atoms with Gasteiger partial charge in [-0.25, -0.2) is 9.37 Å². The number of benzene rings is 2. The highest BCUT2D eigenvalue weighted by molar-refractivity contribution is 6.04. The molecule has 0 atom stereocenters. The molecule has 0 saturated carbocycles. The number of furan rings is 1. The predicted molar refractivity (Wildman–Crippen MR) is 144 cm³/mol. The Kier molecular flexibility index (Phi) is 5.22. The number of halogens is 1. The zero-order valence-electron chi connectivity index (χ0n) is 20.1. The molecule has 7 aromatic rings. The fourth-order valence-electron chi connectivity index (χ4n) is 4.57. The Balaban J connectivity index is 1.29. The minimum absolute atomic E-state index is 0.281. The highest BCUT2D eigenvalue weighted by Crippen LogP contribution is 2.35. The summed E-state index contributed by atoms with van der Waals surface area (Å²) in [4.78, 5) is 29.2. The van der Waals surface area contributed by atoms with Gasteiger partial charge in [0, 0.05) is 34.6 Å². The minimum Gasteiger partial charge on any atom is -0.472 e. The molecule has 0 radical (unpaired) electrons. The zero-order valence-corrected chi connectivity index (χ0v) is 20.1. The van der Waals surface area contributed by atoms with E-state index < -0.39 is 5.82 Å². The summed E-state index contributed by atoms with van der Waals surface area (Å²) < 4.78 is 21.3. The third-order valence-corrected chi connectivity index (χ3v) is 6.43. The second-order valence-electron chi connectivity index (χ2n) is 8.86. The van der Waals surface area contributed by atoms with Crippen molar-refractivity contribution in [2.24, 2.45) is 0 Å². The largest absolute Gasteiger partial charge is 0.472 e. The smallest absolute Gasteiger partial charge is 0.255 e. The molecule has 0 unspecified atom stereocenters. The highest BCUT2D eigenvalue weighted by atomic mass is 19.1. The average Bonchev–Trinajstić information content (AvgIpc) is 3.73. The van der Waals surface area contributed by atoms with Crippen LogP contribution in [0.4, 0.5) is 10.1 Å². The number of H-pyrrole nitrogens is 2. The summed E-state index contributed by atoms with van der Waals surface area (Å²) in [5, 5.41) is 10.4. The maximum absolute atomic E-state index is 16.1. The fraction of sp³-hybridized carbons (Fsp3) is 0. The van der Waals surface area contributed by atoms with E-state index in [1.165, 1.54) is 6.20 Å². The second-order valence-corrected chi connectivity index (χ2v) is 8.86. The van der Waals surface area contributed by atoms with Crippen molar-refractivity contribution in [1.82, 2.24) is 30.1 Å². The Labute approximate surface area is 219 Å². The van der Waals surface area contributed by atoms with Crippen molar-refractivity contribution in [3.8, 4) is 33.9 Å². The number of aromatic nitrogens is 6. The van der Waals surface area contributed by atoms with Crippen LogP contribution in [0.25, 0.3) is 55.8 Å². The van der Waals surface area contributed by atoms with Gasteiger partial charge in [-0.15, -0.1) is 0 Å². The number of hydrogen-bond acceptors (Lipinski definition) is 6. The van der Waals surface area contributed by atoms with E-state index in [9.17, 15) is 4.79 Å². The molecule has 10 heteroatoms. The van der Waals surface area contributed by atoms with Crippen LogP contribution in [-0.2, 0) is 0 Å². The molecule has 3 N–H and O–H groups in total. The molecule has 0 spiro atoms. The molecule has 9 nitrogen and oxygen atoms in total. The Morgan fingerprint density at radius 3 is 2.69 bits per heavy atom. The summed E-state index contributed by atoms with van der Waals surface area (Å²) in [6.45, 7) is 0. The van der Waals surface area contributed by atoms with Crippen molar-refractivity contribution in [2.75, 3.05) is 5.32 Å². The fourth-order valence-corrected chi connectivity index (χ4v) is 4.57. The lowest BCUT2D eigenvalue weighted by molar-refractivity contribution is 0.102. The molecule has 0 aliphatic carbocycles. The van der Waals surface area contributed by atoms with Crippen LogP contribution in [-0.4, -0.2) is 36.0 Å². The van der Waals surface area contributed by atoms with Gasteiger partial charge in [0.15, 0.2) is 5.82 Å². The van der Waals surface area contributed by atoms with Gasteiger partial charge in [0.2, 0.25) is 0 Å². The molecule has 7 rings (SSSR count). The number of nitrogens with one attached hydrogen (secondary N) is 3. The van der Waals surface area contributed by atoms with E-state index in [0.717, 1.165) is 11.1 Å². The van der Waals surface area contributed by atoms with Gasteiger partial charge < -0.3 is 14.7 Å². The summed E-state index contributed by atoms with van der Waals surface area (Å²) in [5.41, 5.74) is 5.40. The minimum atomic E-state index is -0.488. The molecule has 0 aliphatic rings. The first-order valence-electron chi connectivity index (χ1n) is 12.0. The van der Waals surface area contributed by atoms with Crippen LogP contribution in [0.2, 0.25) is 0 Å². The summed E-state index contributed by atoms with van der Waals surface area (Å²) in [6, 6.07) is 17.5. The van der Waals surface area contributed by atoms with Crippen molar-refractivity contribution in [2.45, 2.75) is 0 Å². The van der Waals surface area contributed by atoms with Crippen molar-refractivity contribution in [3.05, 3.63) is 103 Å². The Bertz CT molecular complexity index is 1980. The van der Waals surface area contributed by atoms with E-state index in [-0.39, 0.29) is 11.3 Å². The number of rotatable bonds is 5. The van der Waals surface area contributed by atoms with E-state index in [2.05, 4.69) is 30.5 Å². The van der Waals surface area contributed by atoms with Crippen molar-refractivity contribution >= 4 is 33.5 Å². The summed E-state index contributed by atoms with van der Waals surface area (Å²) >= 11 is 0. The van der Waals surface area contributed by atoms with Gasteiger partial charge in [-0.3, -0.25) is 19.9 Å². The number of hydrogen-bond donors (Lipinski definition) is 3. The van der Waals surface area contributed by atoms with Crippen LogP contribution in [0.15, 0.2) is 96.2 Å². The Morgan fingerprint density at radius 2 is 1.85 bits per heavy atom. The lowest BCUT2D eigenvalue weighted by Gasteiger charge is -2.09. The summed E-state index contributed by atoms with van der Waals surface area (Å²) in [6.07, 6.45) is 7.90. The van der Waals surface area contributed by atoms with Gasteiger partial charge in [0.25, 0.3) is 5.91 Å². The topological polar surface area (TPSA) is 125 Å². The van der Waals surface area contributed by atoms with Gasteiger partial charge in [0.1, 0.15) is 22.7 Å². The van der Waals surface area contributed by atoms with Crippen LogP contribution in [0.5, 0.6) is 0 Å². The van der Waals surface area contributed by atoms with Gasteiger partial charge in [0.05, 0.1) is 40.8 Å². The molecular weight excluding hydrogens is 497 g/mol.